The van der Waals surface area contributed by atoms with E-state index in [9.17, 15) is 9.59 Å². The molecule has 0 aliphatic carbocycles. The molecular weight excluding hydrogens is 324 g/mol. The number of carbonyl (C=O) groups is 2. The van der Waals surface area contributed by atoms with Crippen LogP contribution in [0.2, 0.25) is 0 Å². The SMILES string of the molecule is CO[C@@]1(CC(N)=O)COCCN(C(=O)c2ccc3oc(C)cc3c2)C1. The summed E-state index contributed by atoms with van der Waals surface area (Å²) in [5.41, 5.74) is 5.72. The second kappa shape index (κ2) is 6.85. The fraction of sp³-hybridized carbons (Fsp3) is 0.444. The lowest BCUT2D eigenvalue weighted by Crippen LogP contribution is -2.50. The minimum atomic E-state index is -0.922. The Kier molecular flexibility index (Phi) is 4.78. The average Bonchev–Trinajstić information content (AvgIpc) is 2.81. The molecule has 0 bridgehead atoms. The van der Waals surface area contributed by atoms with Crippen molar-refractivity contribution in [3.8, 4) is 0 Å². The molecule has 1 atom stereocenters. The van der Waals surface area contributed by atoms with Crippen LogP contribution in [0.15, 0.2) is 28.7 Å². The van der Waals surface area contributed by atoms with Gasteiger partial charge in [-0.15, -0.1) is 0 Å². The van der Waals surface area contributed by atoms with Crippen molar-refractivity contribution in [3.63, 3.8) is 0 Å². The van der Waals surface area contributed by atoms with Crippen molar-refractivity contribution in [2.24, 2.45) is 5.73 Å². The molecule has 0 radical (unpaired) electrons. The number of rotatable bonds is 4. The molecule has 25 heavy (non-hydrogen) atoms. The molecule has 1 fully saturated rings. The van der Waals surface area contributed by atoms with Crippen LogP contribution in [0.3, 0.4) is 0 Å². The first-order valence-electron chi connectivity index (χ1n) is 8.13. The summed E-state index contributed by atoms with van der Waals surface area (Å²) in [5.74, 6) is 0.162. The predicted molar refractivity (Wildman–Crippen MR) is 91.2 cm³/mol. The van der Waals surface area contributed by atoms with Crippen molar-refractivity contribution < 1.29 is 23.5 Å². The molecule has 3 rings (SSSR count). The number of benzene rings is 1. The third kappa shape index (κ3) is 3.67. The van der Waals surface area contributed by atoms with Gasteiger partial charge in [0, 0.05) is 24.6 Å². The van der Waals surface area contributed by atoms with Crippen LogP contribution in [0.5, 0.6) is 0 Å². The first kappa shape index (κ1) is 17.4. The number of hydrogen-bond acceptors (Lipinski definition) is 5. The molecule has 1 aliphatic heterocycles. The van der Waals surface area contributed by atoms with Gasteiger partial charge in [-0.3, -0.25) is 9.59 Å². The molecule has 1 aliphatic rings. The van der Waals surface area contributed by atoms with Crippen molar-refractivity contribution >= 4 is 22.8 Å². The second-order valence-corrected chi connectivity index (χ2v) is 6.42. The maximum atomic E-state index is 13.0. The zero-order chi connectivity index (χ0) is 18.0. The van der Waals surface area contributed by atoms with Gasteiger partial charge in [-0.1, -0.05) is 0 Å². The van der Waals surface area contributed by atoms with Crippen LogP contribution in [-0.2, 0) is 14.3 Å². The van der Waals surface area contributed by atoms with Crippen LogP contribution in [0.4, 0.5) is 0 Å². The number of primary amides is 1. The van der Waals surface area contributed by atoms with E-state index in [1.165, 1.54) is 7.11 Å². The van der Waals surface area contributed by atoms with Gasteiger partial charge >= 0.3 is 0 Å². The van der Waals surface area contributed by atoms with Crippen molar-refractivity contribution in [3.05, 3.63) is 35.6 Å². The Morgan fingerprint density at radius 1 is 1.36 bits per heavy atom. The lowest BCUT2D eigenvalue weighted by molar-refractivity contribution is -0.129. The minimum Gasteiger partial charge on any atom is -0.461 e. The van der Waals surface area contributed by atoms with Gasteiger partial charge in [0.05, 0.1) is 26.2 Å². The van der Waals surface area contributed by atoms with Gasteiger partial charge < -0.3 is 24.5 Å². The fourth-order valence-electron chi connectivity index (χ4n) is 3.19. The highest BCUT2D eigenvalue weighted by Crippen LogP contribution is 2.24. The smallest absolute Gasteiger partial charge is 0.254 e. The second-order valence-electron chi connectivity index (χ2n) is 6.42. The highest BCUT2D eigenvalue weighted by Gasteiger charge is 2.38. The molecule has 0 unspecified atom stereocenters. The van der Waals surface area contributed by atoms with Gasteiger partial charge in [0.25, 0.3) is 5.91 Å². The Bertz CT molecular complexity index is 800. The Balaban J connectivity index is 1.86. The van der Waals surface area contributed by atoms with E-state index in [4.69, 9.17) is 19.6 Å². The van der Waals surface area contributed by atoms with Crippen LogP contribution in [0.1, 0.15) is 22.5 Å². The van der Waals surface area contributed by atoms with Crippen molar-refractivity contribution in [2.75, 3.05) is 33.4 Å². The number of furan rings is 1. The largest absolute Gasteiger partial charge is 0.461 e. The van der Waals surface area contributed by atoms with Crippen molar-refractivity contribution in [2.45, 2.75) is 18.9 Å². The number of carbonyl (C=O) groups excluding carboxylic acids is 2. The number of aryl methyl sites for hydroxylation is 1. The number of ether oxygens (including phenoxy) is 2. The topological polar surface area (TPSA) is 95.0 Å². The van der Waals surface area contributed by atoms with E-state index in [1.54, 1.807) is 17.0 Å². The van der Waals surface area contributed by atoms with Crippen LogP contribution >= 0.6 is 0 Å². The highest BCUT2D eigenvalue weighted by molar-refractivity contribution is 5.98. The third-order valence-electron chi connectivity index (χ3n) is 4.45. The Morgan fingerprint density at radius 3 is 2.88 bits per heavy atom. The number of nitrogens with two attached hydrogens (primary N) is 1. The number of fused-ring (bicyclic) bond motifs is 1. The van der Waals surface area contributed by atoms with Gasteiger partial charge in [0.1, 0.15) is 16.9 Å². The zero-order valence-electron chi connectivity index (χ0n) is 14.4. The first-order valence-corrected chi connectivity index (χ1v) is 8.13. The summed E-state index contributed by atoms with van der Waals surface area (Å²) in [6.45, 7) is 3.13. The van der Waals surface area contributed by atoms with Gasteiger partial charge in [0.15, 0.2) is 0 Å². The molecule has 134 valence electrons. The quantitative estimate of drug-likeness (QED) is 0.905. The number of amides is 2. The van der Waals surface area contributed by atoms with Crippen LogP contribution in [0.25, 0.3) is 11.0 Å². The summed E-state index contributed by atoms with van der Waals surface area (Å²) < 4.78 is 16.6. The zero-order valence-corrected chi connectivity index (χ0v) is 14.4. The summed E-state index contributed by atoms with van der Waals surface area (Å²) in [6, 6.07) is 7.23. The lowest BCUT2D eigenvalue weighted by atomic mass is 9.99. The van der Waals surface area contributed by atoms with E-state index in [0.717, 1.165) is 16.7 Å². The first-order chi connectivity index (χ1) is 11.9. The summed E-state index contributed by atoms with van der Waals surface area (Å²) >= 11 is 0. The fourth-order valence-corrected chi connectivity index (χ4v) is 3.19. The van der Waals surface area contributed by atoms with Gasteiger partial charge in [-0.05, 0) is 31.2 Å². The van der Waals surface area contributed by atoms with E-state index >= 15 is 0 Å². The summed E-state index contributed by atoms with van der Waals surface area (Å²) in [6.07, 6.45) is -0.00671. The molecule has 1 saturated heterocycles. The molecule has 7 nitrogen and oxygen atoms in total. The predicted octanol–water partition coefficient (Wildman–Crippen LogP) is 1.47. The van der Waals surface area contributed by atoms with Crippen molar-refractivity contribution in [1.82, 2.24) is 4.90 Å². The highest BCUT2D eigenvalue weighted by atomic mass is 16.5. The normalized spacial score (nSPS) is 21.3. The van der Waals surface area contributed by atoms with Crippen LogP contribution in [0, 0.1) is 6.92 Å². The lowest BCUT2D eigenvalue weighted by Gasteiger charge is -2.33. The molecule has 7 heteroatoms. The number of methoxy groups -OCH3 is 1. The molecule has 1 aromatic heterocycles. The Morgan fingerprint density at radius 2 is 2.16 bits per heavy atom. The van der Waals surface area contributed by atoms with Gasteiger partial charge in [-0.2, -0.15) is 0 Å². The molecule has 2 heterocycles. The Hall–Kier alpha value is -2.38. The van der Waals surface area contributed by atoms with E-state index in [2.05, 4.69) is 0 Å². The molecule has 0 spiro atoms. The standard InChI is InChI=1S/C18H22N2O5/c1-12-7-14-8-13(3-4-15(14)25-12)17(22)20-5-6-24-11-18(10-20,23-2)9-16(19)21/h3-4,7-8H,5-6,9-11H2,1-2H3,(H2,19,21)/t18-/m1/s1. The molecule has 1 aromatic carbocycles. The molecule has 2 N–H and O–H groups in total. The summed E-state index contributed by atoms with van der Waals surface area (Å²) in [5, 5.41) is 0.879. The third-order valence-corrected chi connectivity index (χ3v) is 4.45. The molecular formula is C18H22N2O5. The molecule has 2 amide bonds. The molecule has 2 aromatic rings. The average molecular weight is 346 g/mol. The number of nitrogens with zero attached hydrogens (tertiary/aromatic N) is 1. The van der Waals surface area contributed by atoms with Crippen LogP contribution < -0.4 is 5.73 Å². The van der Waals surface area contributed by atoms with Crippen LogP contribution in [-0.4, -0.2) is 55.7 Å². The number of hydrogen-bond donors (Lipinski definition) is 1. The maximum absolute atomic E-state index is 13.0. The minimum absolute atomic E-state index is 0.00671. The van der Waals surface area contributed by atoms with E-state index in [1.807, 2.05) is 19.1 Å². The van der Waals surface area contributed by atoms with E-state index < -0.39 is 11.5 Å². The summed E-state index contributed by atoms with van der Waals surface area (Å²) in [4.78, 5) is 26.0. The van der Waals surface area contributed by atoms with Crippen molar-refractivity contribution in [1.29, 1.82) is 0 Å². The maximum Gasteiger partial charge on any atom is 0.254 e. The van der Waals surface area contributed by atoms with E-state index in [-0.39, 0.29) is 25.5 Å². The monoisotopic (exact) mass is 346 g/mol. The summed E-state index contributed by atoms with van der Waals surface area (Å²) in [7, 11) is 1.50. The van der Waals surface area contributed by atoms with Gasteiger partial charge in [-0.25, -0.2) is 0 Å². The van der Waals surface area contributed by atoms with E-state index in [0.29, 0.717) is 18.7 Å². The van der Waals surface area contributed by atoms with Gasteiger partial charge in [0.2, 0.25) is 5.91 Å². The Labute approximate surface area is 145 Å². The molecule has 0 saturated carbocycles.